The SMILES string of the molecule is CC(C)N1CCC(C(C#CCO)N(C)C2CCCCC2)CC1. The largest absolute Gasteiger partial charge is 0.384 e. The topological polar surface area (TPSA) is 26.7 Å². The Labute approximate surface area is 137 Å². The summed E-state index contributed by atoms with van der Waals surface area (Å²) in [6.45, 7) is 6.95. The van der Waals surface area contributed by atoms with E-state index < -0.39 is 0 Å². The maximum atomic E-state index is 9.12. The Morgan fingerprint density at radius 3 is 2.27 bits per heavy atom. The van der Waals surface area contributed by atoms with Crippen molar-refractivity contribution in [3.05, 3.63) is 0 Å². The first-order valence-corrected chi connectivity index (χ1v) is 9.18. The van der Waals surface area contributed by atoms with E-state index in [-0.39, 0.29) is 6.61 Å². The molecule has 1 aliphatic carbocycles. The predicted octanol–water partition coefficient (Wildman–Crippen LogP) is 2.74. The second kappa shape index (κ2) is 8.91. The van der Waals surface area contributed by atoms with Crippen molar-refractivity contribution in [1.29, 1.82) is 0 Å². The van der Waals surface area contributed by atoms with Crippen LogP contribution >= 0.6 is 0 Å². The van der Waals surface area contributed by atoms with Crippen LogP contribution in [0.4, 0.5) is 0 Å². The van der Waals surface area contributed by atoms with Crippen molar-refractivity contribution in [3.8, 4) is 11.8 Å². The summed E-state index contributed by atoms with van der Waals surface area (Å²) in [4.78, 5) is 5.12. The summed E-state index contributed by atoms with van der Waals surface area (Å²) < 4.78 is 0. The molecule has 1 N–H and O–H groups in total. The van der Waals surface area contributed by atoms with Gasteiger partial charge in [-0.25, -0.2) is 0 Å². The van der Waals surface area contributed by atoms with Crippen LogP contribution < -0.4 is 0 Å². The second-order valence-electron chi connectivity index (χ2n) is 7.35. The Kier molecular flexibility index (Phi) is 7.21. The molecule has 1 aliphatic heterocycles. The minimum atomic E-state index is -0.0140. The van der Waals surface area contributed by atoms with Crippen molar-refractivity contribution in [1.82, 2.24) is 9.80 Å². The second-order valence-corrected chi connectivity index (χ2v) is 7.35. The fourth-order valence-corrected chi connectivity index (χ4v) is 4.17. The van der Waals surface area contributed by atoms with Gasteiger partial charge in [0.15, 0.2) is 0 Å². The van der Waals surface area contributed by atoms with E-state index in [4.69, 9.17) is 5.11 Å². The monoisotopic (exact) mass is 306 g/mol. The molecule has 1 saturated heterocycles. The summed E-state index contributed by atoms with van der Waals surface area (Å²) in [5.41, 5.74) is 0. The quantitative estimate of drug-likeness (QED) is 0.809. The standard InChI is InChI=1S/C19H34N2O/c1-16(2)21-13-11-17(12-14-21)19(10-7-15-22)20(3)18-8-5-4-6-9-18/h16-19,22H,4-6,8-9,11-15H2,1-3H3. The lowest BCUT2D eigenvalue weighted by Crippen LogP contribution is -2.48. The summed E-state index contributed by atoms with van der Waals surface area (Å²) in [5.74, 6) is 6.99. The Morgan fingerprint density at radius 1 is 1.09 bits per heavy atom. The van der Waals surface area contributed by atoms with Gasteiger partial charge in [-0.3, -0.25) is 4.90 Å². The number of nitrogens with zero attached hydrogens (tertiary/aromatic N) is 2. The average Bonchev–Trinajstić information content (AvgIpc) is 2.56. The Bertz CT molecular complexity index is 371. The third kappa shape index (κ3) is 4.72. The molecule has 3 heteroatoms. The zero-order chi connectivity index (χ0) is 15.9. The minimum absolute atomic E-state index is 0.0140. The molecule has 1 atom stereocenters. The molecule has 1 heterocycles. The number of rotatable bonds is 4. The molecular weight excluding hydrogens is 272 g/mol. The van der Waals surface area contributed by atoms with Crippen LogP contribution in [-0.2, 0) is 0 Å². The minimum Gasteiger partial charge on any atom is -0.384 e. The lowest BCUT2D eigenvalue weighted by atomic mass is 9.85. The third-order valence-corrected chi connectivity index (χ3v) is 5.67. The van der Waals surface area contributed by atoms with Crippen LogP contribution in [0.1, 0.15) is 58.8 Å². The third-order valence-electron chi connectivity index (χ3n) is 5.67. The van der Waals surface area contributed by atoms with Crippen molar-refractivity contribution >= 4 is 0 Å². The molecule has 0 aromatic heterocycles. The van der Waals surface area contributed by atoms with Gasteiger partial charge in [0, 0.05) is 12.1 Å². The maximum Gasteiger partial charge on any atom is 0.104 e. The van der Waals surface area contributed by atoms with Crippen molar-refractivity contribution in [2.75, 3.05) is 26.7 Å². The molecular formula is C19H34N2O. The first-order chi connectivity index (χ1) is 10.6. The number of piperidine rings is 1. The van der Waals surface area contributed by atoms with E-state index in [1.165, 1.54) is 58.0 Å². The van der Waals surface area contributed by atoms with Crippen molar-refractivity contribution in [3.63, 3.8) is 0 Å². The highest BCUT2D eigenvalue weighted by Crippen LogP contribution is 2.29. The lowest BCUT2D eigenvalue weighted by molar-refractivity contribution is 0.0799. The van der Waals surface area contributed by atoms with Gasteiger partial charge in [-0.05, 0) is 65.6 Å². The number of hydrogen-bond donors (Lipinski definition) is 1. The summed E-state index contributed by atoms with van der Waals surface area (Å²) in [5, 5.41) is 9.12. The van der Waals surface area contributed by atoms with E-state index in [0.717, 1.165) is 0 Å². The molecule has 2 fully saturated rings. The fraction of sp³-hybridized carbons (Fsp3) is 0.895. The summed E-state index contributed by atoms with van der Waals surface area (Å²) in [6, 6.07) is 1.67. The van der Waals surface area contributed by atoms with E-state index >= 15 is 0 Å². The molecule has 0 radical (unpaired) electrons. The summed E-state index contributed by atoms with van der Waals surface area (Å²) in [7, 11) is 2.27. The number of aliphatic hydroxyl groups is 1. The van der Waals surface area contributed by atoms with Crippen LogP contribution in [0.5, 0.6) is 0 Å². The van der Waals surface area contributed by atoms with Crippen molar-refractivity contribution < 1.29 is 5.11 Å². The van der Waals surface area contributed by atoms with Gasteiger partial charge in [0.2, 0.25) is 0 Å². The van der Waals surface area contributed by atoms with Crippen LogP contribution in [0, 0.1) is 17.8 Å². The number of aliphatic hydroxyl groups excluding tert-OH is 1. The molecule has 0 amide bonds. The Hall–Kier alpha value is -0.560. The normalized spacial score (nSPS) is 23.5. The molecule has 0 aromatic rings. The van der Waals surface area contributed by atoms with Crippen molar-refractivity contribution in [2.24, 2.45) is 5.92 Å². The smallest absolute Gasteiger partial charge is 0.104 e. The highest BCUT2D eigenvalue weighted by molar-refractivity contribution is 5.11. The van der Waals surface area contributed by atoms with Gasteiger partial charge in [0.05, 0.1) is 6.04 Å². The molecule has 2 rings (SSSR count). The van der Waals surface area contributed by atoms with E-state index in [2.05, 4.69) is 42.5 Å². The van der Waals surface area contributed by atoms with E-state index in [9.17, 15) is 0 Å². The number of likely N-dealkylation sites (tertiary alicyclic amines) is 1. The Balaban J connectivity index is 1.99. The van der Waals surface area contributed by atoms with Crippen LogP contribution in [0.25, 0.3) is 0 Å². The van der Waals surface area contributed by atoms with Gasteiger partial charge in [0.25, 0.3) is 0 Å². The van der Waals surface area contributed by atoms with Gasteiger partial charge in [-0.15, -0.1) is 0 Å². The van der Waals surface area contributed by atoms with E-state index in [1.54, 1.807) is 0 Å². The predicted molar refractivity (Wildman–Crippen MR) is 92.7 cm³/mol. The van der Waals surface area contributed by atoms with Gasteiger partial charge >= 0.3 is 0 Å². The molecule has 0 bridgehead atoms. The zero-order valence-corrected chi connectivity index (χ0v) is 14.7. The zero-order valence-electron chi connectivity index (χ0n) is 14.7. The molecule has 1 unspecified atom stereocenters. The van der Waals surface area contributed by atoms with Gasteiger partial charge in [0.1, 0.15) is 6.61 Å². The van der Waals surface area contributed by atoms with Crippen LogP contribution in [-0.4, -0.2) is 59.8 Å². The van der Waals surface area contributed by atoms with E-state index in [0.29, 0.717) is 24.0 Å². The van der Waals surface area contributed by atoms with Crippen molar-refractivity contribution in [2.45, 2.75) is 76.9 Å². The fourth-order valence-electron chi connectivity index (χ4n) is 4.17. The van der Waals surface area contributed by atoms with Gasteiger partial charge in [-0.2, -0.15) is 0 Å². The number of hydrogen-bond acceptors (Lipinski definition) is 3. The van der Waals surface area contributed by atoms with Gasteiger partial charge < -0.3 is 10.0 Å². The van der Waals surface area contributed by atoms with E-state index in [1.807, 2.05) is 0 Å². The average molecular weight is 306 g/mol. The first-order valence-electron chi connectivity index (χ1n) is 9.18. The molecule has 3 nitrogen and oxygen atoms in total. The van der Waals surface area contributed by atoms with Crippen LogP contribution in [0.3, 0.4) is 0 Å². The highest BCUT2D eigenvalue weighted by Gasteiger charge is 2.32. The molecule has 1 saturated carbocycles. The van der Waals surface area contributed by atoms with Gasteiger partial charge in [-0.1, -0.05) is 31.1 Å². The Morgan fingerprint density at radius 2 is 1.73 bits per heavy atom. The summed E-state index contributed by atoms with van der Waals surface area (Å²) >= 11 is 0. The molecule has 0 spiro atoms. The maximum absolute atomic E-state index is 9.12. The van der Waals surface area contributed by atoms with Crippen LogP contribution in [0.15, 0.2) is 0 Å². The molecule has 126 valence electrons. The highest BCUT2D eigenvalue weighted by atomic mass is 16.2. The molecule has 22 heavy (non-hydrogen) atoms. The summed E-state index contributed by atoms with van der Waals surface area (Å²) in [6.07, 6.45) is 9.23. The molecule has 2 aliphatic rings. The van der Waals surface area contributed by atoms with Crippen LogP contribution in [0.2, 0.25) is 0 Å². The molecule has 0 aromatic carbocycles. The lowest BCUT2D eigenvalue weighted by Gasteiger charge is -2.42. The first kappa shape index (κ1) is 17.8.